The molecule has 0 atom stereocenters. The van der Waals surface area contributed by atoms with E-state index in [4.69, 9.17) is 23.4 Å². The highest BCUT2D eigenvalue weighted by Crippen LogP contribution is 2.68. The van der Waals surface area contributed by atoms with Crippen LogP contribution in [-0.2, 0) is 35.3 Å². The molecular weight excluding hydrogens is 995 g/mol. The lowest BCUT2D eigenvalue weighted by Crippen LogP contribution is -2.48. The highest BCUT2D eigenvalue weighted by atomic mass is 32.1. The van der Waals surface area contributed by atoms with Gasteiger partial charge in [0.25, 0.3) is 0 Å². The number of rotatable bonds is 17. The van der Waals surface area contributed by atoms with Crippen LogP contribution < -0.4 is 9.47 Å². The number of carbonyl (C=O) groups excluding carboxylic acids is 2. The van der Waals surface area contributed by atoms with Gasteiger partial charge in [0, 0.05) is 76.5 Å². The number of hydrogen-bond donors (Lipinski definition) is 0. The summed E-state index contributed by atoms with van der Waals surface area (Å²) in [5, 5.41) is -0.225. The summed E-state index contributed by atoms with van der Waals surface area (Å²) in [5.41, 5.74) is -3.70. The van der Waals surface area contributed by atoms with Crippen molar-refractivity contribution in [1.82, 2.24) is 0 Å². The molecule has 0 bridgehead atoms. The first kappa shape index (κ1) is 54.7. The van der Waals surface area contributed by atoms with Crippen molar-refractivity contribution in [2.45, 2.75) is 143 Å². The number of allylic oxidation sites excluding steroid dienone is 2. The highest BCUT2D eigenvalue weighted by molar-refractivity contribution is 7.27. The molecule has 0 spiro atoms. The van der Waals surface area contributed by atoms with Crippen molar-refractivity contribution >= 4 is 68.1 Å². The van der Waals surface area contributed by atoms with Gasteiger partial charge in [0.05, 0.1) is 31.3 Å². The number of furan rings is 1. The summed E-state index contributed by atoms with van der Waals surface area (Å²) in [6, 6.07) is 16.3. The van der Waals surface area contributed by atoms with Gasteiger partial charge in [0.1, 0.15) is 11.3 Å². The van der Waals surface area contributed by atoms with Crippen molar-refractivity contribution in [2.24, 2.45) is 0 Å². The van der Waals surface area contributed by atoms with Crippen LogP contribution in [0.15, 0.2) is 65.1 Å². The van der Waals surface area contributed by atoms with Gasteiger partial charge in [-0.3, -0.25) is 9.59 Å². The van der Waals surface area contributed by atoms with Gasteiger partial charge in [-0.2, -0.15) is 26.3 Å². The van der Waals surface area contributed by atoms with Gasteiger partial charge >= 0.3 is 29.7 Å². The van der Waals surface area contributed by atoms with Gasteiger partial charge < -0.3 is 23.4 Å². The summed E-state index contributed by atoms with van der Waals surface area (Å²) >= 11 is 3.83. The van der Waals surface area contributed by atoms with Crippen molar-refractivity contribution in [3.05, 3.63) is 92.7 Å². The molecule has 0 saturated heterocycles. The average Bonchev–Trinajstić information content (AvgIpc) is 4.11. The number of hydrogen-bond acceptors (Lipinski definition) is 10. The number of aryl methyl sites for hydroxylation is 1. The minimum absolute atomic E-state index is 0.0128. The maximum atomic E-state index is 17.5. The Balaban J connectivity index is 1.56. The van der Waals surface area contributed by atoms with E-state index in [-0.39, 0.29) is 107 Å². The largest absolute Gasteiger partial charge is 0.490 e. The number of halogens is 6. The number of fused-ring (bicyclic) bond motifs is 1. The van der Waals surface area contributed by atoms with Gasteiger partial charge in [-0.05, 0) is 91.3 Å². The van der Waals surface area contributed by atoms with Crippen LogP contribution in [0, 0.1) is 6.92 Å². The fraction of sp³-hybridized carbons (Fsp3) is 0.464. The highest BCUT2D eigenvalue weighted by Gasteiger charge is 2.81. The lowest BCUT2D eigenvalue weighted by Gasteiger charge is -2.26. The Morgan fingerprint density at radius 2 is 1.17 bits per heavy atom. The second kappa shape index (κ2) is 20.3. The summed E-state index contributed by atoms with van der Waals surface area (Å²) in [6.45, 7) is 23.3. The van der Waals surface area contributed by atoms with Gasteiger partial charge in [0.15, 0.2) is 11.5 Å². The quantitative estimate of drug-likeness (QED) is 0.0511. The third-order valence-corrected chi connectivity index (χ3v) is 17.0. The van der Waals surface area contributed by atoms with Crippen LogP contribution in [0.25, 0.3) is 52.9 Å². The Hall–Kier alpha value is -5.06. The SMILES string of the molecule is CCOC(=O)CCCOc1cc2oc(-c3ccc(C(C)(C)C)cc3)c(C3=C(c4cc(-c5ccc(C(C)(C)C)s5)sc4-c4sc(C(C)(C)C)cc4C)C(F)(F)C(F)(F)C3(F)F)c2cc1OCCCC(=O)OCC. The first-order valence-electron chi connectivity index (χ1n) is 24.1. The van der Waals surface area contributed by atoms with Crippen LogP contribution in [0.2, 0.25) is 0 Å². The van der Waals surface area contributed by atoms with E-state index < -0.39 is 52.0 Å². The summed E-state index contributed by atoms with van der Waals surface area (Å²) in [4.78, 5) is 28.0. The zero-order valence-electron chi connectivity index (χ0n) is 42.8. The molecule has 72 heavy (non-hydrogen) atoms. The number of benzene rings is 2. The molecule has 388 valence electrons. The fourth-order valence-electron chi connectivity index (χ4n) is 8.39. The van der Waals surface area contributed by atoms with E-state index in [1.165, 1.54) is 40.9 Å². The molecule has 16 heteroatoms. The van der Waals surface area contributed by atoms with E-state index in [0.717, 1.165) is 26.7 Å². The molecule has 1 aliphatic rings. The van der Waals surface area contributed by atoms with Crippen LogP contribution in [0.3, 0.4) is 0 Å². The van der Waals surface area contributed by atoms with Gasteiger partial charge in [-0.1, -0.05) is 86.6 Å². The molecule has 0 saturated carbocycles. The van der Waals surface area contributed by atoms with E-state index in [1.807, 2.05) is 80.5 Å². The second-order valence-electron chi connectivity index (χ2n) is 21.1. The topological polar surface area (TPSA) is 84.2 Å². The summed E-state index contributed by atoms with van der Waals surface area (Å²) in [7, 11) is 0. The predicted molar refractivity (Wildman–Crippen MR) is 278 cm³/mol. The number of carbonyl (C=O) groups is 2. The molecule has 6 aromatic rings. The lowest BCUT2D eigenvalue weighted by molar-refractivity contribution is -0.254. The van der Waals surface area contributed by atoms with Crippen LogP contribution >= 0.6 is 34.0 Å². The van der Waals surface area contributed by atoms with E-state index in [1.54, 1.807) is 45.0 Å². The maximum Gasteiger partial charge on any atom is 0.380 e. The molecule has 4 heterocycles. The molecule has 0 amide bonds. The second-order valence-corrected chi connectivity index (χ2v) is 24.2. The Morgan fingerprint density at radius 1 is 0.611 bits per heavy atom. The molecule has 0 N–H and O–H groups in total. The molecular formula is C56H62F6O7S3. The lowest BCUT2D eigenvalue weighted by atomic mass is 9.86. The summed E-state index contributed by atoms with van der Waals surface area (Å²) in [5.74, 6) is -18.1. The molecule has 2 aromatic carbocycles. The number of thiophene rings is 3. The van der Waals surface area contributed by atoms with E-state index in [2.05, 4.69) is 0 Å². The Kier molecular flexibility index (Phi) is 15.5. The van der Waals surface area contributed by atoms with E-state index in [9.17, 15) is 9.59 Å². The van der Waals surface area contributed by atoms with E-state index in [0.29, 0.717) is 20.2 Å². The van der Waals surface area contributed by atoms with Crippen molar-refractivity contribution in [3.63, 3.8) is 0 Å². The molecule has 0 unspecified atom stereocenters. The van der Waals surface area contributed by atoms with Crippen molar-refractivity contribution in [1.29, 1.82) is 0 Å². The Labute approximate surface area is 429 Å². The number of alkyl halides is 6. The standard InChI is InChI=1S/C56H62F6O7S3/c1-13-65-43(63)17-15-25-67-37-28-34-36(30-38(37)68-26-16-18-44(64)66-14-2)69-48(32-19-21-33(22-20-32)51(4,5)6)45(34)47-46(54(57,58)56(61,62)55(47,59)60)35-29-40(39-23-24-41(70-39)52(7,8)9)71-50(35)49-31(3)27-42(72-49)53(10,11)12/h19-24,27-30H,13-18,25-26H2,1-12H3. The molecule has 0 fully saturated rings. The Morgan fingerprint density at radius 3 is 1.68 bits per heavy atom. The zero-order chi connectivity index (χ0) is 52.9. The molecule has 1 aliphatic carbocycles. The fourth-order valence-corrected chi connectivity index (χ4v) is 12.1. The minimum Gasteiger partial charge on any atom is -0.490 e. The maximum absolute atomic E-state index is 17.5. The van der Waals surface area contributed by atoms with Gasteiger partial charge in [-0.25, -0.2) is 0 Å². The summed E-state index contributed by atoms with van der Waals surface area (Å²) in [6.07, 6.45) is 0.339. The van der Waals surface area contributed by atoms with Crippen LogP contribution in [0.4, 0.5) is 26.3 Å². The summed E-state index contributed by atoms with van der Waals surface area (Å²) < 4.78 is 132. The van der Waals surface area contributed by atoms with Crippen LogP contribution in [0.5, 0.6) is 11.5 Å². The number of esters is 2. The molecule has 4 aromatic heterocycles. The first-order valence-corrected chi connectivity index (χ1v) is 26.5. The van der Waals surface area contributed by atoms with E-state index >= 15 is 26.3 Å². The monoisotopic (exact) mass is 1060 g/mol. The first-order chi connectivity index (χ1) is 33.5. The third kappa shape index (κ3) is 10.6. The zero-order valence-corrected chi connectivity index (χ0v) is 45.2. The predicted octanol–water partition coefficient (Wildman–Crippen LogP) is 17.1. The van der Waals surface area contributed by atoms with Gasteiger partial charge in [-0.15, -0.1) is 34.0 Å². The molecule has 0 aliphatic heterocycles. The van der Waals surface area contributed by atoms with Crippen LogP contribution in [-0.4, -0.2) is 56.1 Å². The van der Waals surface area contributed by atoms with Crippen molar-refractivity contribution < 1.29 is 59.3 Å². The molecule has 7 nitrogen and oxygen atoms in total. The minimum atomic E-state index is -5.92. The van der Waals surface area contributed by atoms with Crippen LogP contribution in [0.1, 0.15) is 134 Å². The number of ether oxygens (including phenoxy) is 4. The normalized spacial score (nSPS) is 15.6. The van der Waals surface area contributed by atoms with Crippen molar-refractivity contribution in [3.8, 4) is 42.3 Å². The smallest absolute Gasteiger partial charge is 0.380 e. The average molecular weight is 1060 g/mol. The molecule has 7 rings (SSSR count). The van der Waals surface area contributed by atoms with Crippen molar-refractivity contribution in [2.75, 3.05) is 26.4 Å². The van der Waals surface area contributed by atoms with Gasteiger partial charge in [0.2, 0.25) is 0 Å². The third-order valence-electron chi connectivity index (χ3n) is 12.3. The molecule has 0 radical (unpaired) electrons. The Bertz CT molecular complexity index is 2990.